The summed E-state index contributed by atoms with van der Waals surface area (Å²) < 4.78 is 31.7. The average molecular weight is 381 g/mol. The fourth-order valence-corrected chi connectivity index (χ4v) is 3.86. The van der Waals surface area contributed by atoms with E-state index in [-0.39, 0.29) is 12.4 Å². The summed E-state index contributed by atoms with van der Waals surface area (Å²) in [7, 11) is 3.06. The van der Waals surface area contributed by atoms with Crippen LogP contribution in [0.15, 0.2) is 12.4 Å². The van der Waals surface area contributed by atoms with E-state index in [0.717, 1.165) is 4.57 Å². The molecule has 7 nitrogen and oxygen atoms in total. The molecule has 0 amide bonds. The van der Waals surface area contributed by atoms with E-state index in [9.17, 15) is 13.6 Å². The number of ether oxygens (including phenoxy) is 1. The number of methoxy groups -OCH3 is 1. The highest BCUT2D eigenvalue weighted by Crippen LogP contribution is 2.35. The number of esters is 1. The molecule has 0 aliphatic carbocycles. The van der Waals surface area contributed by atoms with Crippen molar-refractivity contribution in [1.29, 1.82) is 0 Å². The summed E-state index contributed by atoms with van der Waals surface area (Å²) in [6.45, 7) is 0.998. The molecule has 0 N–H and O–H groups in total. The van der Waals surface area contributed by atoms with E-state index in [1.807, 2.05) is 0 Å². The second kappa shape index (κ2) is 6.94. The maximum atomic E-state index is 13.1. The van der Waals surface area contributed by atoms with Gasteiger partial charge in [-0.3, -0.25) is 4.57 Å². The Labute approximate surface area is 152 Å². The van der Waals surface area contributed by atoms with Gasteiger partial charge in [-0.25, -0.2) is 19.7 Å². The first-order chi connectivity index (χ1) is 12.3. The molecule has 3 heterocycles. The van der Waals surface area contributed by atoms with Crippen LogP contribution in [0, 0.1) is 13.8 Å². The number of carbonyl (C=O) groups is 1. The topological polar surface area (TPSA) is 73.1 Å². The number of aryl methyl sites for hydroxylation is 2. The molecule has 3 rings (SSSR count). The Balaban J connectivity index is 2.07. The molecule has 3 aromatic heterocycles. The van der Waals surface area contributed by atoms with Crippen molar-refractivity contribution in [3.8, 4) is 0 Å². The SMILES string of the molecule is COC(=O)c1sc2nc(C)nc(N(C)Cc3nccn3C(F)F)c2c1C. The van der Waals surface area contributed by atoms with E-state index in [1.54, 1.807) is 25.8 Å². The van der Waals surface area contributed by atoms with Crippen molar-refractivity contribution < 1.29 is 18.3 Å². The molecule has 0 saturated carbocycles. The van der Waals surface area contributed by atoms with Crippen molar-refractivity contribution in [1.82, 2.24) is 19.5 Å². The Morgan fingerprint density at radius 1 is 1.38 bits per heavy atom. The molecule has 138 valence electrons. The summed E-state index contributed by atoms with van der Waals surface area (Å²) in [5, 5.41) is 0.707. The van der Waals surface area contributed by atoms with Crippen molar-refractivity contribution in [2.45, 2.75) is 26.9 Å². The summed E-state index contributed by atoms with van der Waals surface area (Å²) >= 11 is 1.23. The second-order valence-corrected chi connectivity index (χ2v) is 6.71. The minimum atomic E-state index is -2.66. The number of fused-ring (bicyclic) bond motifs is 1. The van der Waals surface area contributed by atoms with E-state index >= 15 is 0 Å². The number of carbonyl (C=O) groups excluding carboxylic acids is 1. The number of hydrogen-bond donors (Lipinski definition) is 0. The molecule has 0 aliphatic rings. The second-order valence-electron chi connectivity index (χ2n) is 5.71. The van der Waals surface area contributed by atoms with E-state index in [2.05, 4.69) is 15.0 Å². The maximum absolute atomic E-state index is 13.1. The van der Waals surface area contributed by atoms with Gasteiger partial charge in [0.25, 0.3) is 0 Å². The van der Waals surface area contributed by atoms with Crippen LogP contribution in [-0.4, -0.2) is 39.6 Å². The Hall–Kier alpha value is -2.62. The van der Waals surface area contributed by atoms with Gasteiger partial charge in [0, 0.05) is 19.4 Å². The minimum absolute atomic E-state index is 0.131. The number of alkyl halides is 2. The average Bonchev–Trinajstić information content (AvgIpc) is 3.18. The van der Waals surface area contributed by atoms with E-state index in [0.29, 0.717) is 32.3 Å². The number of thiophene rings is 1. The first-order valence-electron chi connectivity index (χ1n) is 7.70. The Morgan fingerprint density at radius 3 is 2.77 bits per heavy atom. The van der Waals surface area contributed by atoms with E-state index < -0.39 is 12.5 Å². The number of anilines is 1. The van der Waals surface area contributed by atoms with Crippen LogP contribution < -0.4 is 4.90 Å². The fraction of sp³-hybridized carbons (Fsp3) is 0.375. The number of aromatic nitrogens is 4. The van der Waals surface area contributed by atoms with Crippen LogP contribution in [0.3, 0.4) is 0 Å². The number of nitrogens with zero attached hydrogens (tertiary/aromatic N) is 5. The molecule has 3 aromatic rings. The summed E-state index contributed by atoms with van der Waals surface area (Å²) in [6, 6.07) is 0. The molecule has 0 fully saturated rings. The van der Waals surface area contributed by atoms with Gasteiger partial charge in [0.15, 0.2) is 0 Å². The zero-order chi connectivity index (χ0) is 19.0. The van der Waals surface area contributed by atoms with Crippen molar-refractivity contribution in [2.75, 3.05) is 19.1 Å². The molecular weight excluding hydrogens is 364 g/mol. The van der Waals surface area contributed by atoms with Gasteiger partial charge < -0.3 is 9.64 Å². The summed E-state index contributed by atoms with van der Waals surface area (Å²) in [4.78, 5) is 27.6. The fourth-order valence-electron chi connectivity index (χ4n) is 2.72. The molecule has 0 aliphatic heterocycles. The quantitative estimate of drug-likeness (QED) is 0.631. The highest BCUT2D eigenvalue weighted by atomic mass is 32.1. The van der Waals surface area contributed by atoms with Crippen LogP contribution in [0.2, 0.25) is 0 Å². The highest BCUT2D eigenvalue weighted by molar-refractivity contribution is 7.20. The summed E-state index contributed by atoms with van der Waals surface area (Å²) in [6.07, 6.45) is 2.57. The number of imidazole rings is 1. The smallest absolute Gasteiger partial charge is 0.348 e. The van der Waals surface area contributed by atoms with Crippen LogP contribution in [0.4, 0.5) is 14.6 Å². The molecular formula is C16H17F2N5O2S. The monoisotopic (exact) mass is 381 g/mol. The third-order valence-electron chi connectivity index (χ3n) is 3.95. The zero-order valence-electron chi connectivity index (χ0n) is 14.7. The van der Waals surface area contributed by atoms with Gasteiger partial charge in [-0.05, 0) is 19.4 Å². The molecule has 0 aromatic carbocycles. The van der Waals surface area contributed by atoms with Crippen molar-refractivity contribution in [3.05, 3.63) is 34.5 Å². The summed E-state index contributed by atoms with van der Waals surface area (Å²) in [5.41, 5.74) is 0.705. The van der Waals surface area contributed by atoms with Crippen LogP contribution in [0.1, 0.15) is 33.4 Å². The lowest BCUT2D eigenvalue weighted by atomic mass is 10.2. The van der Waals surface area contributed by atoms with Crippen LogP contribution in [0.5, 0.6) is 0 Å². The predicted molar refractivity (Wildman–Crippen MR) is 93.8 cm³/mol. The highest BCUT2D eigenvalue weighted by Gasteiger charge is 2.23. The zero-order valence-corrected chi connectivity index (χ0v) is 15.5. The molecule has 0 radical (unpaired) electrons. The van der Waals surface area contributed by atoms with Crippen LogP contribution in [0.25, 0.3) is 10.2 Å². The van der Waals surface area contributed by atoms with Crippen molar-refractivity contribution >= 4 is 33.3 Å². The summed E-state index contributed by atoms with van der Waals surface area (Å²) in [5.74, 6) is 0.854. The number of hydrogen-bond acceptors (Lipinski definition) is 7. The largest absolute Gasteiger partial charge is 0.465 e. The third-order valence-corrected chi connectivity index (χ3v) is 5.12. The molecule has 0 unspecified atom stereocenters. The van der Waals surface area contributed by atoms with Crippen molar-refractivity contribution in [2.24, 2.45) is 0 Å². The van der Waals surface area contributed by atoms with Crippen molar-refractivity contribution in [3.63, 3.8) is 0 Å². The lowest BCUT2D eigenvalue weighted by molar-refractivity contribution is 0.0605. The first-order valence-corrected chi connectivity index (χ1v) is 8.52. The number of halogens is 2. The lowest BCUT2D eigenvalue weighted by Gasteiger charge is -2.20. The van der Waals surface area contributed by atoms with Gasteiger partial charge in [-0.15, -0.1) is 11.3 Å². The van der Waals surface area contributed by atoms with Gasteiger partial charge in [0.2, 0.25) is 0 Å². The minimum Gasteiger partial charge on any atom is -0.465 e. The molecule has 0 saturated heterocycles. The van der Waals surface area contributed by atoms with Gasteiger partial charge in [0.1, 0.15) is 27.2 Å². The van der Waals surface area contributed by atoms with Crippen LogP contribution in [-0.2, 0) is 11.3 Å². The van der Waals surface area contributed by atoms with Gasteiger partial charge >= 0.3 is 12.5 Å². The molecule has 10 heteroatoms. The Morgan fingerprint density at radius 2 is 2.12 bits per heavy atom. The predicted octanol–water partition coefficient (Wildman–Crippen LogP) is 3.32. The molecule has 26 heavy (non-hydrogen) atoms. The molecule has 0 spiro atoms. The van der Waals surface area contributed by atoms with Crippen LogP contribution >= 0.6 is 11.3 Å². The maximum Gasteiger partial charge on any atom is 0.348 e. The number of rotatable bonds is 5. The normalized spacial score (nSPS) is 11.3. The molecule has 0 atom stereocenters. The van der Waals surface area contributed by atoms with E-state index in [1.165, 1.54) is 30.8 Å². The van der Waals surface area contributed by atoms with E-state index in [4.69, 9.17) is 4.74 Å². The lowest BCUT2D eigenvalue weighted by Crippen LogP contribution is -2.21. The standard InChI is InChI=1S/C16H17F2N5O2S/c1-8-11-13(22(3)7-10-19-5-6-23(10)16(17)18)20-9(2)21-14(11)26-12(8)15(24)25-4/h5-6,16H,7H2,1-4H3. The first kappa shape index (κ1) is 18.2. The van der Waals surface area contributed by atoms with Gasteiger partial charge in [0.05, 0.1) is 19.0 Å². The third kappa shape index (κ3) is 3.12. The Kier molecular flexibility index (Phi) is 4.86. The van der Waals surface area contributed by atoms with Gasteiger partial charge in [-0.2, -0.15) is 8.78 Å². The van der Waals surface area contributed by atoms with Gasteiger partial charge in [-0.1, -0.05) is 0 Å². The Bertz CT molecular complexity index is 969. The molecule has 0 bridgehead atoms.